The van der Waals surface area contributed by atoms with Crippen LogP contribution in [0.15, 0.2) is 11.6 Å². The van der Waals surface area contributed by atoms with E-state index < -0.39 is 0 Å². The van der Waals surface area contributed by atoms with Gasteiger partial charge in [-0.25, -0.2) is 4.79 Å². The molecule has 0 aromatic rings. The van der Waals surface area contributed by atoms with Gasteiger partial charge in [0.1, 0.15) is 0 Å². The minimum Gasteiger partial charge on any atom is -0.466 e. The fourth-order valence-corrected chi connectivity index (χ4v) is 2.28. The van der Waals surface area contributed by atoms with Crippen molar-refractivity contribution in [3.63, 3.8) is 0 Å². The summed E-state index contributed by atoms with van der Waals surface area (Å²) in [7, 11) is 1.40. The van der Waals surface area contributed by atoms with Crippen LogP contribution in [0.5, 0.6) is 0 Å². The third kappa shape index (κ3) is 2.14. The van der Waals surface area contributed by atoms with Crippen molar-refractivity contribution >= 4 is 5.97 Å². The topological polar surface area (TPSA) is 38.3 Å². The molecule has 0 aromatic carbocycles. The maximum absolute atomic E-state index is 11.1. The van der Waals surface area contributed by atoms with E-state index >= 15 is 0 Å². The fraction of sp³-hybridized carbons (Fsp3) is 0.769. The van der Waals surface area contributed by atoms with Crippen LogP contribution in [0, 0.1) is 10.8 Å². The summed E-state index contributed by atoms with van der Waals surface area (Å²) in [5.41, 5.74) is 1.33. The molecule has 3 nitrogen and oxygen atoms in total. The maximum Gasteiger partial charge on any atom is 0.333 e. The van der Waals surface area contributed by atoms with Crippen molar-refractivity contribution < 1.29 is 9.53 Å². The molecular formula is C13H23NO2. The molecule has 0 unspecified atom stereocenters. The number of carbonyl (C=O) groups is 1. The summed E-state index contributed by atoms with van der Waals surface area (Å²) in [5.74, 6) is -0.254. The molecule has 3 heteroatoms. The van der Waals surface area contributed by atoms with Crippen LogP contribution >= 0.6 is 0 Å². The number of methoxy groups -OCH3 is 1. The van der Waals surface area contributed by atoms with Crippen molar-refractivity contribution in [2.45, 2.75) is 40.7 Å². The number of esters is 1. The summed E-state index contributed by atoms with van der Waals surface area (Å²) in [5, 5.41) is 3.46. The Kier molecular flexibility index (Phi) is 3.48. The smallest absolute Gasteiger partial charge is 0.333 e. The molecule has 0 spiro atoms. The highest BCUT2D eigenvalue weighted by Crippen LogP contribution is 2.62. The molecule has 1 saturated carbocycles. The Morgan fingerprint density at radius 3 is 2.19 bits per heavy atom. The molecule has 0 atom stereocenters. The van der Waals surface area contributed by atoms with Gasteiger partial charge in [-0.2, -0.15) is 0 Å². The van der Waals surface area contributed by atoms with Crippen LogP contribution in [0.4, 0.5) is 0 Å². The third-order valence-corrected chi connectivity index (χ3v) is 4.26. The molecule has 1 fully saturated rings. The summed E-state index contributed by atoms with van der Waals surface area (Å²) < 4.78 is 4.63. The molecule has 0 radical (unpaired) electrons. The van der Waals surface area contributed by atoms with Gasteiger partial charge in [0.15, 0.2) is 0 Å². The zero-order valence-electron chi connectivity index (χ0n) is 11.2. The van der Waals surface area contributed by atoms with Gasteiger partial charge in [-0.15, -0.1) is 0 Å². The monoisotopic (exact) mass is 225 g/mol. The van der Waals surface area contributed by atoms with E-state index in [0.717, 1.165) is 6.54 Å². The van der Waals surface area contributed by atoms with E-state index in [1.807, 2.05) is 6.08 Å². The zero-order chi connectivity index (χ0) is 12.6. The molecule has 0 bridgehead atoms. The third-order valence-electron chi connectivity index (χ3n) is 4.26. The van der Waals surface area contributed by atoms with E-state index in [9.17, 15) is 4.79 Å². The molecule has 1 rings (SSSR count). The van der Waals surface area contributed by atoms with E-state index in [1.54, 1.807) is 6.92 Å². The molecule has 0 aliphatic heterocycles. The molecule has 0 amide bonds. The normalized spacial score (nSPS) is 23.0. The number of ether oxygens (including phenoxy) is 1. The molecule has 16 heavy (non-hydrogen) atoms. The van der Waals surface area contributed by atoms with Crippen molar-refractivity contribution in [2.24, 2.45) is 10.8 Å². The second kappa shape index (κ2) is 4.21. The lowest BCUT2D eigenvalue weighted by atomic mass is 10.0. The molecule has 0 heterocycles. The predicted octanol–water partition coefficient (Wildman–Crippen LogP) is 2.13. The summed E-state index contributed by atoms with van der Waals surface area (Å²) in [6.07, 6.45) is 1.89. The lowest BCUT2D eigenvalue weighted by molar-refractivity contribution is -0.136. The zero-order valence-corrected chi connectivity index (χ0v) is 11.2. The van der Waals surface area contributed by atoms with Crippen LogP contribution in [0.1, 0.15) is 34.6 Å². The molecule has 1 aliphatic carbocycles. The lowest BCUT2D eigenvalue weighted by Crippen LogP contribution is -2.22. The highest BCUT2D eigenvalue weighted by molar-refractivity contribution is 5.87. The number of nitrogens with one attached hydrogen (secondary N) is 1. The van der Waals surface area contributed by atoms with Crippen LogP contribution in [0.25, 0.3) is 0 Å². The first-order valence-electron chi connectivity index (χ1n) is 5.73. The van der Waals surface area contributed by atoms with Gasteiger partial charge in [-0.05, 0) is 17.8 Å². The number of hydrogen-bond donors (Lipinski definition) is 1. The average molecular weight is 225 g/mol. The Hall–Kier alpha value is -0.830. The average Bonchev–Trinajstić information content (AvgIpc) is 2.58. The second-order valence-corrected chi connectivity index (χ2v) is 5.66. The first kappa shape index (κ1) is 13.2. The van der Waals surface area contributed by atoms with E-state index in [2.05, 4.69) is 37.7 Å². The van der Waals surface area contributed by atoms with Gasteiger partial charge >= 0.3 is 5.97 Å². The summed E-state index contributed by atoms with van der Waals surface area (Å²) in [4.78, 5) is 11.1. The molecule has 0 aromatic heterocycles. The molecule has 1 aliphatic rings. The Labute approximate surface area is 98.2 Å². The van der Waals surface area contributed by atoms with Gasteiger partial charge < -0.3 is 10.1 Å². The Balaban J connectivity index is 2.42. The lowest BCUT2D eigenvalue weighted by Gasteiger charge is -2.04. The van der Waals surface area contributed by atoms with Crippen LogP contribution < -0.4 is 5.32 Å². The van der Waals surface area contributed by atoms with Crippen LogP contribution in [0.3, 0.4) is 0 Å². The Bertz CT molecular complexity index is 302. The quantitative estimate of drug-likeness (QED) is 0.588. The first-order valence-corrected chi connectivity index (χ1v) is 5.73. The molecule has 92 valence electrons. The van der Waals surface area contributed by atoms with Gasteiger partial charge in [0.05, 0.1) is 7.11 Å². The maximum atomic E-state index is 11.1. The van der Waals surface area contributed by atoms with Crippen molar-refractivity contribution in [3.05, 3.63) is 11.6 Å². The van der Waals surface area contributed by atoms with Crippen molar-refractivity contribution in [3.8, 4) is 0 Å². The minimum absolute atomic E-state index is 0.254. The van der Waals surface area contributed by atoms with Crippen LogP contribution in [-0.4, -0.2) is 25.7 Å². The van der Waals surface area contributed by atoms with Crippen molar-refractivity contribution in [1.29, 1.82) is 0 Å². The standard InChI is InChI=1S/C13H23NO2/c1-9(10(15)16-6)7-8-14-11-12(2,3)13(11,4)5/h7,11,14H,8H2,1-6H3. The van der Waals surface area contributed by atoms with Gasteiger partial charge in [0, 0.05) is 18.2 Å². The van der Waals surface area contributed by atoms with Gasteiger partial charge in [-0.3, -0.25) is 0 Å². The highest BCUT2D eigenvalue weighted by atomic mass is 16.5. The van der Waals surface area contributed by atoms with E-state index in [4.69, 9.17) is 0 Å². The fourth-order valence-electron chi connectivity index (χ4n) is 2.28. The molecule has 1 N–H and O–H groups in total. The second-order valence-electron chi connectivity index (χ2n) is 5.66. The van der Waals surface area contributed by atoms with Crippen LogP contribution in [-0.2, 0) is 9.53 Å². The Morgan fingerprint density at radius 2 is 1.81 bits per heavy atom. The van der Waals surface area contributed by atoms with E-state index in [-0.39, 0.29) is 5.97 Å². The Morgan fingerprint density at radius 1 is 1.31 bits per heavy atom. The van der Waals surface area contributed by atoms with Gasteiger partial charge in [-0.1, -0.05) is 33.8 Å². The SMILES string of the molecule is COC(=O)C(C)=CCNC1C(C)(C)C1(C)C. The molecular weight excluding hydrogens is 202 g/mol. The van der Waals surface area contributed by atoms with Gasteiger partial charge in [0.2, 0.25) is 0 Å². The predicted molar refractivity (Wildman–Crippen MR) is 65.1 cm³/mol. The number of hydrogen-bond acceptors (Lipinski definition) is 3. The first-order chi connectivity index (χ1) is 7.25. The van der Waals surface area contributed by atoms with E-state index in [1.165, 1.54) is 7.11 Å². The molecule has 0 saturated heterocycles. The van der Waals surface area contributed by atoms with Crippen molar-refractivity contribution in [2.75, 3.05) is 13.7 Å². The van der Waals surface area contributed by atoms with Gasteiger partial charge in [0.25, 0.3) is 0 Å². The van der Waals surface area contributed by atoms with Crippen molar-refractivity contribution in [1.82, 2.24) is 5.32 Å². The summed E-state index contributed by atoms with van der Waals surface area (Å²) in [6, 6.07) is 0.515. The van der Waals surface area contributed by atoms with Crippen LogP contribution in [0.2, 0.25) is 0 Å². The number of rotatable bonds is 4. The summed E-state index contributed by atoms with van der Waals surface area (Å²) in [6.45, 7) is 11.6. The summed E-state index contributed by atoms with van der Waals surface area (Å²) >= 11 is 0. The largest absolute Gasteiger partial charge is 0.466 e. The highest BCUT2D eigenvalue weighted by Gasteiger charge is 2.64. The van der Waals surface area contributed by atoms with E-state index in [0.29, 0.717) is 22.4 Å². The minimum atomic E-state index is -0.254. The number of carbonyl (C=O) groups excluding carboxylic acids is 1.